The summed E-state index contributed by atoms with van der Waals surface area (Å²) in [5.41, 5.74) is 1.97. The molecule has 0 spiro atoms. The van der Waals surface area contributed by atoms with Crippen molar-refractivity contribution in [2.45, 2.75) is 44.4 Å². The van der Waals surface area contributed by atoms with Gasteiger partial charge >= 0.3 is 0 Å². The Balaban J connectivity index is 1.18. The minimum Gasteiger partial charge on any atom is -0.358 e. The molecule has 5 rings (SSSR count). The molecule has 3 heterocycles. The van der Waals surface area contributed by atoms with Gasteiger partial charge in [-0.05, 0) is 37.2 Å². The quantitative estimate of drug-likeness (QED) is 0.613. The molecule has 1 aliphatic carbocycles. The predicted octanol–water partition coefficient (Wildman–Crippen LogP) is 2.48. The molecule has 0 bridgehead atoms. The molecule has 36 heavy (non-hydrogen) atoms. The number of rotatable bonds is 6. The Bertz CT molecular complexity index is 1090. The van der Waals surface area contributed by atoms with Crippen molar-refractivity contribution in [3.63, 3.8) is 0 Å². The van der Waals surface area contributed by atoms with Crippen LogP contribution in [-0.4, -0.2) is 85.0 Å². The van der Waals surface area contributed by atoms with E-state index in [4.69, 9.17) is 4.74 Å². The molecule has 0 radical (unpaired) electrons. The molecule has 1 saturated heterocycles. The lowest BCUT2D eigenvalue weighted by Gasteiger charge is -2.41. The van der Waals surface area contributed by atoms with Crippen LogP contribution in [0, 0.1) is 5.92 Å². The van der Waals surface area contributed by atoms with Crippen molar-refractivity contribution >= 4 is 23.5 Å². The molecular formula is C27H36N6O3. The number of anilines is 2. The maximum Gasteiger partial charge on any atom is 0.236 e. The SMILES string of the molecule is COC1c2ccccc2CC(=O)N1c1cnc(N(C)CC2CCC(N3CCN(C)C(=O)C3)CC2)cn1. The van der Waals surface area contributed by atoms with Gasteiger partial charge in [-0.25, -0.2) is 9.97 Å². The third kappa shape index (κ3) is 4.95. The van der Waals surface area contributed by atoms with E-state index in [1.165, 1.54) is 0 Å². The van der Waals surface area contributed by atoms with Gasteiger partial charge in [0.1, 0.15) is 5.82 Å². The summed E-state index contributed by atoms with van der Waals surface area (Å²) in [6.07, 6.45) is 7.81. The first-order chi connectivity index (χ1) is 17.4. The van der Waals surface area contributed by atoms with E-state index < -0.39 is 6.23 Å². The molecule has 0 N–H and O–H groups in total. The van der Waals surface area contributed by atoms with Gasteiger partial charge < -0.3 is 14.5 Å². The number of fused-ring (bicyclic) bond motifs is 1. The molecular weight excluding hydrogens is 456 g/mol. The lowest BCUT2D eigenvalue weighted by atomic mass is 9.84. The van der Waals surface area contributed by atoms with Crippen LogP contribution in [0.3, 0.4) is 0 Å². The van der Waals surface area contributed by atoms with Crippen LogP contribution >= 0.6 is 0 Å². The fraction of sp³-hybridized carbons (Fsp3) is 0.556. The van der Waals surface area contributed by atoms with Gasteiger partial charge in [-0.1, -0.05) is 24.3 Å². The van der Waals surface area contributed by atoms with E-state index in [0.29, 0.717) is 30.7 Å². The first-order valence-electron chi connectivity index (χ1n) is 12.9. The number of hydrogen-bond donors (Lipinski definition) is 0. The minimum atomic E-state index is -0.508. The Labute approximate surface area is 213 Å². The highest BCUT2D eigenvalue weighted by atomic mass is 16.5. The second kappa shape index (κ2) is 10.5. The number of hydrogen-bond acceptors (Lipinski definition) is 7. The van der Waals surface area contributed by atoms with Crippen molar-refractivity contribution in [1.82, 2.24) is 19.8 Å². The Morgan fingerprint density at radius 1 is 1.03 bits per heavy atom. The molecule has 2 aliphatic heterocycles. The highest BCUT2D eigenvalue weighted by Gasteiger charge is 2.35. The average Bonchev–Trinajstić information content (AvgIpc) is 2.90. The Kier molecular flexibility index (Phi) is 7.20. The van der Waals surface area contributed by atoms with Crippen molar-refractivity contribution in [2.75, 3.05) is 57.2 Å². The van der Waals surface area contributed by atoms with Crippen LogP contribution in [0.25, 0.3) is 0 Å². The third-order valence-corrected chi connectivity index (χ3v) is 8.00. The number of piperazine rings is 1. The largest absolute Gasteiger partial charge is 0.358 e. The van der Waals surface area contributed by atoms with Gasteiger partial charge in [0.05, 0.1) is 25.4 Å². The summed E-state index contributed by atoms with van der Waals surface area (Å²) in [5.74, 6) is 2.08. The summed E-state index contributed by atoms with van der Waals surface area (Å²) in [5, 5.41) is 0. The van der Waals surface area contributed by atoms with Gasteiger partial charge in [0.2, 0.25) is 11.8 Å². The fourth-order valence-corrected chi connectivity index (χ4v) is 5.83. The fourth-order valence-electron chi connectivity index (χ4n) is 5.83. The molecule has 9 nitrogen and oxygen atoms in total. The topological polar surface area (TPSA) is 82.1 Å². The summed E-state index contributed by atoms with van der Waals surface area (Å²) in [6, 6.07) is 8.39. The van der Waals surface area contributed by atoms with Crippen molar-refractivity contribution in [2.24, 2.45) is 5.92 Å². The molecule has 1 unspecified atom stereocenters. The number of aromatic nitrogens is 2. The van der Waals surface area contributed by atoms with Crippen LogP contribution in [0.15, 0.2) is 36.7 Å². The zero-order valence-electron chi connectivity index (χ0n) is 21.5. The van der Waals surface area contributed by atoms with E-state index in [1.807, 2.05) is 36.2 Å². The Morgan fingerprint density at radius 3 is 2.50 bits per heavy atom. The maximum absolute atomic E-state index is 12.9. The van der Waals surface area contributed by atoms with Gasteiger partial charge in [0.25, 0.3) is 0 Å². The number of methoxy groups -OCH3 is 1. The molecule has 2 aromatic rings. The first-order valence-corrected chi connectivity index (χ1v) is 12.9. The number of nitrogens with zero attached hydrogens (tertiary/aromatic N) is 6. The van der Waals surface area contributed by atoms with Crippen LogP contribution in [-0.2, 0) is 20.7 Å². The second-order valence-electron chi connectivity index (χ2n) is 10.3. The highest BCUT2D eigenvalue weighted by Crippen LogP contribution is 2.34. The number of amides is 2. The van der Waals surface area contributed by atoms with Gasteiger partial charge in [-0.15, -0.1) is 0 Å². The summed E-state index contributed by atoms with van der Waals surface area (Å²) in [7, 11) is 5.55. The lowest BCUT2D eigenvalue weighted by Crippen LogP contribution is -2.53. The molecule has 3 aliphatic rings. The highest BCUT2D eigenvalue weighted by molar-refractivity contribution is 5.96. The molecule has 1 atom stereocenters. The normalized spacial score (nSPS) is 25.1. The second-order valence-corrected chi connectivity index (χ2v) is 10.3. The standard InChI is InChI=1S/C27H36N6O3/c1-30-12-13-32(18-26(30)35)21-10-8-19(9-11-21)17-31(2)23-15-29-24(16-28-23)33-25(34)14-20-6-4-5-7-22(20)27(33)36-3/h4-7,15-16,19,21,27H,8-14,17-18H2,1-3H3. The summed E-state index contributed by atoms with van der Waals surface area (Å²) < 4.78 is 5.70. The molecule has 192 valence electrons. The van der Waals surface area contributed by atoms with Gasteiger partial charge in [-0.3, -0.25) is 19.4 Å². The van der Waals surface area contributed by atoms with E-state index in [1.54, 1.807) is 24.4 Å². The van der Waals surface area contributed by atoms with Crippen LogP contribution in [0.5, 0.6) is 0 Å². The van der Waals surface area contributed by atoms with E-state index >= 15 is 0 Å². The molecule has 9 heteroatoms. The molecule has 2 fully saturated rings. The van der Waals surface area contributed by atoms with Crippen molar-refractivity contribution in [1.29, 1.82) is 0 Å². The van der Waals surface area contributed by atoms with E-state index in [-0.39, 0.29) is 11.8 Å². The van der Waals surface area contributed by atoms with Crippen LogP contribution in [0.4, 0.5) is 11.6 Å². The van der Waals surface area contributed by atoms with Crippen LogP contribution in [0.2, 0.25) is 0 Å². The number of carbonyl (C=O) groups excluding carboxylic acids is 2. The number of ether oxygens (including phenoxy) is 1. The zero-order valence-corrected chi connectivity index (χ0v) is 21.5. The van der Waals surface area contributed by atoms with Crippen LogP contribution < -0.4 is 9.80 Å². The predicted molar refractivity (Wildman–Crippen MR) is 138 cm³/mol. The summed E-state index contributed by atoms with van der Waals surface area (Å²) >= 11 is 0. The van der Waals surface area contributed by atoms with Crippen molar-refractivity contribution in [3.05, 3.63) is 47.8 Å². The number of carbonyl (C=O) groups is 2. The molecule has 1 saturated carbocycles. The summed E-state index contributed by atoms with van der Waals surface area (Å²) in [6.45, 7) is 3.28. The van der Waals surface area contributed by atoms with E-state index in [0.717, 1.165) is 62.3 Å². The number of likely N-dealkylation sites (N-methyl/N-ethyl adjacent to an activating group) is 1. The molecule has 1 aromatic carbocycles. The lowest BCUT2D eigenvalue weighted by molar-refractivity contribution is -0.135. The van der Waals surface area contributed by atoms with E-state index in [2.05, 4.69) is 26.8 Å². The molecule has 2 amide bonds. The van der Waals surface area contributed by atoms with Crippen molar-refractivity contribution < 1.29 is 14.3 Å². The van der Waals surface area contributed by atoms with E-state index in [9.17, 15) is 9.59 Å². The Hall–Kier alpha value is -3.04. The smallest absolute Gasteiger partial charge is 0.236 e. The van der Waals surface area contributed by atoms with Gasteiger partial charge in [-0.2, -0.15) is 0 Å². The van der Waals surface area contributed by atoms with Gasteiger partial charge in [0, 0.05) is 52.4 Å². The monoisotopic (exact) mass is 492 g/mol. The number of benzene rings is 1. The first kappa shape index (κ1) is 24.6. The third-order valence-electron chi connectivity index (χ3n) is 8.00. The minimum absolute atomic E-state index is 0.0465. The Morgan fingerprint density at radius 2 is 1.81 bits per heavy atom. The zero-order chi connectivity index (χ0) is 25.2. The maximum atomic E-state index is 12.9. The molecule has 1 aromatic heterocycles. The van der Waals surface area contributed by atoms with Gasteiger partial charge in [0.15, 0.2) is 12.0 Å². The van der Waals surface area contributed by atoms with Crippen molar-refractivity contribution in [3.8, 4) is 0 Å². The summed E-state index contributed by atoms with van der Waals surface area (Å²) in [4.78, 5) is 42.2. The van der Waals surface area contributed by atoms with Crippen LogP contribution in [0.1, 0.15) is 43.0 Å². The average molecular weight is 493 g/mol.